The Bertz CT molecular complexity index is 611. The second-order valence-electron chi connectivity index (χ2n) is 4.21. The maximum atomic E-state index is 13.7. The summed E-state index contributed by atoms with van der Waals surface area (Å²) in [4.78, 5) is 8.27. The third-order valence-electron chi connectivity index (χ3n) is 2.53. The largest absolute Gasteiger partial charge is 0.384 e. The van der Waals surface area contributed by atoms with E-state index in [1.807, 2.05) is 6.92 Å². The van der Waals surface area contributed by atoms with E-state index in [0.717, 1.165) is 18.6 Å². The summed E-state index contributed by atoms with van der Waals surface area (Å²) in [5.74, 6) is -0.414. The predicted molar refractivity (Wildman–Crippen MR) is 75.1 cm³/mol. The fourth-order valence-corrected chi connectivity index (χ4v) is 1.95. The molecule has 1 heterocycles. The summed E-state index contributed by atoms with van der Waals surface area (Å²) in [5.41, 5.74) is 5.62. The monoisotopic (exact) mass is 298 g/mol. The van der Waals surface area contributed by atoms with Crippen LogP contribution in [0.3, 0.4) is 0 Å². The number of anilines is 3. The maximum Gasteiger partial charge on any atom is 0.151 e. The highest BCUT2D eigenvalue weighted by molar-refractivity contribution is 6.33. The molecule has 7 heteroatoms. The van der Waals surface area contributed by atoms with Crippen LogP contribution in [0.4, 0.5) is 26.1 Å². The van der Waals surface area contributed by atoms with Crippen LogP contribution in [0.2, 0.25) is 5.02 Å². The number of aromatic nitrogens is 2. The molecule has 0 radical (unpaired) electrons. The summed E-state index contributed by atoms with van der Waals surface area (Å²) < 4.78 is 26.7. The van der Waals surface area contributed by atoms with Gasteiger partial charge in [-0.2, -0.15) is 0 Å². The molecule has 0 aliphatic rings. The molecule has 20 heavy (non-hydrogen) atoms. The lowest BCUT2D eigenvalue weighted by molar-refractivity contribution is 0.586. The zero-order valence-corrected chi connectivity index (χ0v) is 11.5. The molecule has 2 aromatic rings. The number of nitrogen functional groups attached to an aromatic ring is 1. The van der Waals surface area contributed by atoms with E-state index in [4.69, 9.17) is 17.3 Å². The second-order valence-corrected chi connectivity index (χ2v) is 4.62. The number of aryl methyl sites for hydroxylation is 1. The van der Waals surface area contributed by atoms with Gasteiger partial charge in [0.25, 0.3) is 0 Å². The van der Waals surface area contributed by atoms with Crippen LogP contribution in [0.1, 0.15) is 19.2 Å². The van der Waals surface area contributed by atoms with Crippen molar-refractivity contribution in [3.8, 4) is 0 Å². The molecule has 1 aromatic heterocycles. The lowest BCUT2D eigenvalue weighted by atomic mass is 10.3. The van der Waals surface area contributed by atoms with Crippen molar-refractivity contribution in [2.24, 2.45) is 0 Å². The van der Waals surface area contributed by atoms with Crippen molar-refractivity contribution < 1.29 is 8.78 Å². The molecule has 2 rings (SSSR count). The van der Waals surface area contributed by atoms with Gasteiger partial charge in [-0.3, -0.25) is 0 Å². The van der Waals surface area contributed by atoms with Gasteiger partial charge in [0.15, 0.2) is 5.82 Å². The van der Waals surface area contributed by atoms with E-state index >= 15 is 0 Å². The van der Waals surface area contributed by atoms with Gasteiger partial charge in [-0.15, -0.1) is 0 Å². The first-order valence-corrected chi connectivity index (χ1v) is 6.42. The fraction of sp³-hybridized carbons (Fsp3) is 0.231. The van der Waals surface area contributed by atoms with Gasteiger partial charge < -0.3 is 11.1 Å². The maximum absolute atomic E-state index is 13.7. The molecule has 0 aliphatic carbocycles. The van der Waals surface area contributed by atoms with E-state index in [9.17, 15) is 8.78 Å². The molecule has 0 amide bonds. The summed E-state index contributed by atoms with van der Waals surface area (Å²) in [5, 5.41) is 2.63. The molecule has 0 atom stereocenters. The second kappa shape index (κ2) is 6.00. The van der Waals surface area contributed by atoms with Crippen molar-refractivity contribution >= 4 is 28.9 Å². The van der Waals surface area contributed by atoms with Crippen LogP contribution < -0.4 is 11.1 Å². The fourth-order valence-electron chi connectivity index (χ4n) is 1.71. The summed E-state index contributed by atoms with van der Waals surface area (Å²) >= 11 is 5.81. The minimum atomic E-state index is -0.802. The Morgan fingerprint density at radius 2 is 2.00 bits per heavy atom. The van der Waals surface area contributed by atoms with Crippen molar-refractivity contribution in [1.82, 2.24) is 9.97 Å². The van der Waals surface area contributed by atoms with E-state index in [0.29, 0.717) is 18.1 Å². The molecule has 3 N–H and O–H groups in total. The molecular weight excluding hydrogens is 286 g/mol. The molecule has 4 nitrogen and oxygen atoms in total. The standard InChI is InChI=1S/C13H13ClF2N4/c1-2-3-11-18-10(17)6-12(19-11)20-13-8(14)4-7(15)5-9(13)16/h4-6H,2-3H2,1H3,(H3,17,18,19,20). The van der Waals surface area contributed by atoms with Crippen LogP contribution in [0.25, 0.3) is 0 Å². The SMILES string of the molecule is CCCc1nc(N)cc(Nc2c(F)cc(F)cc2Cl)n1. The van der Waals surface area contributed by atoms with Crippen LogP contribution in [-0.4, -0.2) is 9.97 Å². The third-order valence-corrected chi connectivity index (χ3v) is 2.82. The van der Waals surface area contributed by atoms with Crippen LogP contribution in [0, 0.1) is 11.6 Å². The first-order chi connectivity index (χ1) is 9.49. The highest BCUT2D eigenvalue weighted by atomic mass is 35.5. The number of nitrogens with zero attached hydrogens (tertiary/aromatic N) is 2. The highest BCUT2D eigenvalue weighted by Crippen LogP contribution is 2.29. The average Bonchev–Trinajstić information content (AvgIpc) is 2.33. The smallest absolute Gasteiger partial charge is 0.151 e. The Morgan fingerprint density at radius 1 is 1.25 bits per heavy atom. The minimum Gasteiger partial charge on any atom is -0.384 e. The number of hydrogen-bond donors (Lipinski definition) is 2. The summed E-state index contributed by atoms with van der Waals surface area (Å²) in [6.45, 7) is 1.98. The number of halogens is 3. The quantitative estimate of drug-likeness (QED) is 0.903. The first kappa shape index (κ1) is 14.5. The van der Waals surface area contributed by atoms with Gasteiger partial charge in [-0.25, -0.2) is 18.7 Å². The third kappa shape index (κ3) is 3.33. The Balaban J connectivity index is 2.35. The number of nitrogens with two attached hydrogens (primary N) is 1. The average molecular weight is 299 g/mol. The molecule has 1 aromatic carbocycles. The predicted octanol–water partition coefficient (Wildman–Crippen LogP) is 3.69. The lowest BCUT2D eigenvalue weighted by Crippen LogP contribution is -2.04. The van der Waals surface area contributed by atoms with Gasteiger partial charge in [0, 0.05) is 18.6 Å². The summed E-state index contributed by atoms with van der Waals surface area (Å²) in [6, 6.07) is 3.22. The topological polar surface area (TPSA) is 63.8 Å². The van der Waals surface area contributed by atoms with Gasteiger partial charge in [0.2, 0.25) is 0 Å². The molecule has 0 spiro atoms. The number of rotatable bonds is 4. The van der Waals surface area contributed by atoms with E-state index in [2.05, 4.69) is 15.3 Å². The normalized spacial score (nSPS) is 10.6. The van der Waals surface area contributed by atoms with Gasteiger partial charge in [-0.1, -0.05) is 18.5 Å². The van der Waals surface area contributed by atoms with Crippen molar-refractivity contribution in [1.29, 1.82) is 0 Å². The van der Waals surface area contributed by atoms with E-state index in [-0.39, 0.29) is 16.5 Å². The van der Waals surface area contributed by atoms with Crippen LogP contribution in [0.15, 0.2) is 18.2 Å². The molecule has 0 unspecified atom stereocenters. The zero-order valence-electron chi connectivity index (χ0n) is 10.8. The van der Waals surface area contributed by atoms with Crippen molar-refractivity contribution in [3.63, 3.8) is 0 Å². The lowest BCUT2D eigenvalue weighted by Gasteiger charge is -2.10. The van der Waals surface area contributed by atoms with Crippen LogP contribution in [0.5, 0.6) is 0 Å². The number of benzene rings is 1. The van der Waals surface area contributed by atoms with Gasteiger partial charge in [-0.05, 0) is 12.5 Å². The zero-order chi connectivity index (χ0) is 14.7. The van der Waals surface area contributed by atoms with Gasteiger partial charge in [0.1, 0.15) is 23.3 Å². The Labute approximate surface area is 120 Å². The van der Waals surface area contributed by atoms with Crippen molar-refractivity contribution in [2.45, 2.75) is 19.8 Å². The van der Waals surface area contributed by atoms with Crippen molar-refractivity contribution in [2.75, 3.05) is 11.1 Å². The summed E-state index contributed by atoms with van der Waals surface area (Å²) in [6.07, 6.45) is 1.51. The highest BCUT2D eigenvalue weighted by Gasteiger charge is 2.12. The number of hydrogen-bond acceptors (Lipinski definition) is 4. The van der Waals surface area contributed by atoms with Crippen molar-refractivity contribution in [3.05, 3.63) is 40.7 Å². The molecule has 0 fully saturated rings. The van der Waals surface area contributed by atoms with Crippen LogP contribution in [-0.2, 0) is 6.42 Å². The Kier molecular flexibility index (Phi) is 4.34. The summed E-state index contributed by atoms with van der Waals surface area (Å²) in [7, 11) is 0. The first-order valence-electron chi connectivity index (χ1n) is 6.04. The van der Waals surface area contributed by atoms with E-state index in [1.165, 1.54) is 6.07 Å². The molecule has 0 aliphatic heterocycles. The molecule has 0 saturated heterocycles. The molecular formula is C13H13ClF2N4. The van der Waals surface area contributed by atoms with Crippen LogP contribution >= 0.6 is 11.6 Å². The van der Waals surface area contributed by atoms with E-state index in [1.54, 1.807) is 0 Å². The van der Waals surface area contributed by atoms with E-state index < -0.39 is 11.6 Å². The Morgan fingerprint density at radius 3 is 2.65 bits per heavy atom. The molecule has 0 bridgehead atoms. The number of nitrogens with one attached hydrogen (secondary N) is 1. The van der Waals surface area contributed by atoms with Gasteiger partial charge >= 0.3 is 0 Å². The Hall–Kier alpha value is -1.95. The van der Waals surface area contributed by atoms with Gasteiger partial charge in [0.05, 0.1) is 10.7 Å². The minimum absolute atomic E-state index is 0.0476. The molecule has 0 saturated carbocycles. The molecule has 106 valence electrons.